The van der Waals surface area contributed by atoms with Crippen LogP contribution in [0.4, 0.5) is 0 Å². The number of hydrogen-bond acceptors (Lipinski definition) is 2. The van der Waals surface area contributed by atoms with Crippen molar-refractivity contribution >= 4 is 0 Å². The Morgan fingerprint density at radius 3 is 2.56 bits per heavy atom. The highest BCUT2D eigenvalue weighted by Gasteiger charge is 2.22. The van der Waals surface area contributed by atoms with Gasteiger partial charge in [-0.05, 0) is 32.2 Å². The Morgan fingerprint density at radius 2 is 1.94 bits per heavy atom. The van der Waals surface area contributed by atoms with E-state index in [-0.39, 0.29) is 0 Å². The molecule has 1 unspecified atom stereocenters. The molecule has 2 nitrogen and oxygen atoms in total. The van der Waals surface area contributed by atoms with Gasteiger partial charge >= 0.3 is 0 Å². The SMILES string of the molecule is CCCCCOCC(NC)C1CCCCC1. The van der Waals surface area contributed by atoms with Gasteiger partial charge in [0.1, 0.15) is 0 Å². The summed E-state index contributed by atoms with van der Waals surface area (Å²) < 4.78 is 5.78. The molecule has 1 saturated carbocycles. The molecule has 16 heavy (non-hydrogen) atoms. The van der Waals surface area contributed by atoms with E-state index in [1.54, 1.807) is 0 Å². The fraction of sp³-hybridized carbons (Fsp3) is 1.00. The van der Waals surface area contributed by atoms with Crippen LogP contribution < -0.4 is 5.32 Å². The summed E-state index contributed by atoms with van der Waals surface area (Å²) in [5.41, 5.74) is 0. The lowest BCUT2D eigenvalue weighted by atomic mass is 9.84. The lowest BCUT2D eigenvalue weighted by molar-refractivity contribution is 0.0846. The van der Waals surface area contributed by atoms with Crippen LogP contribution in [0.2, 0.25) is 0 Å². The van der Waals surface area contributed by atoms with Gasteiger partial charge in [0, 0.05) is 12.6 Å². The molecule has 1 N–H and O–H groups in total. The van der Waals surface area contributed by atoms with Crippen molar-refractivity contribution in [1.29, 1.82) is 0 Å². The third-order valence-electron chi connectivity index (χ3n) is 3.78. The number of nitrogens with one attached hydrogen (secondary N) is 1. The molecule has 0 bridgehead atoms. The summed E-state index contributed by atoms with van der Waals surface area (Å²) in [5.74, 6) is 0.852. The Kier molecular flexibility index (Phi) is 7.87. The number of unbranched alkanes of at least 4 members (excludes halogenated alkanes) is 2. The van der Waals surface area contributed by atoms with Gasteiger partial charge in [0.25, 0.3) is 0 Å². The van der Waals surface area contributed by atoms with Gasteiger partial charge in [0.2, 0.25) is 0 Å². The summed E-state index contributed by atoms with van der Waals surface area (Å²) in [4.78, 5) is 0. The highest BCUT2D eigenvalue weighted by Crippen LogP contribution is 2.26. The first-order chi connectivity index (χ1) is 7.88. The number of likely N-dealkylation sites (N-methyl/N-ethyl adjacent to an activating group) is 1. The largest absolute Gasteiger partial charge is 0.380 e. The second-order valence-corrected chi connectivity index (χ2v) is 5.08. The molecule has 2 heteroatoms. The van der Waals surface area contributed by atoms with Gasteiger partial charge in [0.05, 0.1) is 6.61 Å². The lowest BCUT2D eigenvalue weighted by Crippen LogP contribution is -2.38. The zero-order chi connectivity index (χ0) is 11.6. The summed E-state index contributed by atoms with van der Waals surface area (Å²) in [7, 11) is 2.08. The number of ether oxygens (including phenoxy) is 1. The Bertz CT molecular complexity index is 155. The second kappa shape index (κ2) is 9.00. The van der Waals surface area contributed by atoms with Gasteiger partial charge in [-0.3, -0.25) is 0 Å². The van der Waals surface area contributed by atoms with Crippen molar-refractivity contribution in [2.45, 2.75) is 64.3 Å². The van der Waals surface area contributed by atoms with Crippen LogP contribution in [-0.2, 0) is 4.74 Å². The lowest BCUT2D eigenvalue weighted by Gasteiger charge is -2.29. The van der Waals surface area contributed by atoms with Crippen molar-refractivity contribution in [3.05, 3.63) is 0 Å². The summed E-state index contributed by atoms with van der Waals surface area (Å²) >= 11 is 0. The van der Waals surface area contributed by atoms with E-state index in [1.165, 1.54) is 51.4 Å². The molecule has 0 spiro atoms. The molecule has 1 rings (SSSR count). The van der Waals surface area contributed by atoms with Gasteiger partial charge in [-0.15, -0.1) is 0 Å². The molecule has 96 valence electrons. The first kappa shape index (κ1) is 14.0. The summed E-state index contributed by atoms with van der Waals surface area (Å²) in [5, 5.41) is 3.44. The van der Waals surface area contributed by atoms with Gasteiger partial charge in [-0.25, -0.2) is 0 Å². The number of rotatable bonds is 8. The van der Waals surface area contributed by atoms with Crippen LogP contribution in [0.1, 0.15) is 58.3 Å². The van der Waals surface area contributed by atoms with E-state index in [2.05, 4.69) is 19.3 Å². The topological polar surface area (TPSA) is 21.3 Å². The van der Waals surface area contributed by atoms with Crippen LogP contribution in [0.3, 0.4) is 0 Å². The maximum absolute atomic E-state index is 5.78. The Morgan fingerprint density at radius 1 is 1.19 bits per heavy atom. The normalized spacial score (nSPS) is 19.9. The van der Waals surface area contributed by atoms with Crippen molar-refractivity contribution in [1.82, 2.24) is 5.32 Å². The van der Waals surface area contributed by atoms with E-state index in [1.807, 2.05) is 0 Å². The van der Waals surface area contributed by atoms with Crippen molar-refractivity contribution in [3.63, 3.8) is 0 Å². The van der Waals surface area contributed by atoms with E-state index < -0.39 is 0 Å². The van der Waals surface area contributed by atoms with E-state index in [4.69, 9.17) is 4.74 Å². The average molecular weight is 227 g/mol. The first-order valence-corrected chi connectivity index (χ1v) is 7.13. The predicted octanol–water partition coefficient (Wildman–Crippen LogP) is 3.36. The van der Waals surface area contributed by atoms with Crippen molar-refractivity contribution in [3.8, 4) is 0 Å². The molecule has 0 aromatic rings. The molecule has 0 aromatic heterocycles. The third-order valence-corrected chi connectivity index (χ3v) is 3.78. The summed E-state index contributed by atoms with van der Waals surface area (Å²) in [6, 6.07) is 0.585. The first-order valence-electron chi connectivity index (χ1n) is 7.13. The quantitative estimate of drug-likeness (QED) is 0.642. The molecule has 0 saturated heterocycles. The van der Waals surface area contributed by atoms with E-state index >= 15 is 0 Å². The van der Waals surface area contributed by atoms with Crippen LogP contribution in [0.15, 0.2) is 0 Å². The number of hydrogen-bond donors (Lipinski definition) is 1. The molecule has 0 amide bonds. The Labute approximate surface area is 101 Å². The maximum atomic E-state index is 5.78. The predicted molar refractivity (Wildman–Crippen MR) is 69.8 cm³/mol. The van der Waals surface area contributed by atoms with Crippen LogP contribution in [0.5, 0.6) is 0 Å². The van der Waals surface area contributed by atoms with Crippen LogP contribution >= 0.6 is 0 Å². The van der Waals surface area contributed by atoms with Crippen LogP contribution in [0, 0.1) is 5.92 Å². The summed E-state index contributed by atoms with van der Waals surface area (Å²) in [6.07, 6.45) is 10.8. The van der Waals surface area contributed by atoms with E-state index in [0.29, 0.717) is 6.04 Å². The van der Waals surface area contributed by atoms with Crippen LogP contribution in [-0.4, -0.2) is 26.3 Å². The molecule has 0 aromatic carbocycles. The Balaban J connectivity index is 2.10. The van der Waals surface area contributed by atoms with Gasteiger partial charge in [0.15, 0.2) is 0 Å². The molecule has 1 aliphatic carbocycles. The van der Waals surface area contributed by atoms with Crippen molar-refractivity contribution < 1.29 is 4.74 Å². The standard InChI is InChI=1S/C14H29NO/c1-3-4-8-11-16-12-14(15-2)13-9-6-5-7-10-13/h13-15H,3-12H2,1-2H3. The minimum Gasteiger partial charge on any atom is -0.380 e. The smallest absolute Gasteiger partial charge is 0.0622 e. The fourth-order valence-corrected chi connectivity index (χ4v) is 2.66. The second-order valence-electron chi connectivity index (χ2n) is 5.08. The van der Waals surface area contributed by atoms with E-state index in [9.17, 15) is 0 Å². The summed E-state index contributed by atoms with van der Waals surface area (Å²) in [6.45, 7) is 4.09. The molecule has 1 aliphatic rings. The third kappa shape index (κ3) is 5.31. The molecule has 0 heterocycles. The highest BCUT2D eigenvalue weighted by atomic mass is 16.5. The minimum absolute atomic E-state index is 0.585. The van der Waals surface area contributed by atoms with Crippen molar-refractivity contribution in [2.24, 2.45) is 5.92 Å². The molecule has 1 atom stereocenters. The zero-order valence-electron chi connectivity index (χ0n) is 11.1. The van der Waals surface area contributed by atoms with E-state index in [0.717, 1.165) is 19.1 Å². The monoisotopic (exact) mass is 227 g/mol. The molecule has 1 fully saturated rings. The molecule has 0 radical (unpaired) electrons. The minimum atomic E-state index is 0.585. The van der Waals surface area contributed by atoms with Gasteiger partial charge in [-0.2, -0.15) is 0 Å². The molecule has 0 aliphatic heterocycles. The zero-order valence-corrected chi connectivity index (χ0v) is 11.1. The fourth-order valence-electron chi connectivity index (χ4n) is 2.66. The average Bonchev–Trinajstić information content (AvgIpc) is 2.35. The molecular formula is C14H29NO. The van der Waals surface area contributed by atoms with Crippen LogP contribution in [0.25, 0.3) is 0 Å². The van der Waals surface area contributed by atoms with Gasteiger partial charge < -0.3 is 10.1 Å². The van der Waals surface area contributed by atoms with Gasteiger partial charge in [-0.1, -0.05) is 39.0 Å². The van der Waals surface area contributed by atoms with Crippen molar-refractivity contribution in [2.75, 3.05) is 20.3 Å². The highest BCUT2D eigenvalue weighted by molar-refractivity contribution is 4.77. The Hall–Kier alpha value is -0.0800. The maximum Gasteiger partial charge on any atom is 0.0622 e. The molecular weight excluding hydrogens is 198 g/mol.